The van der Waals surface area contributed by atoms with Crippen LogP contribution >= 0.6 is 0 Å². The van der Waals surface area contributed by atoms with E-state index in [0.717, 1.165) is 51.4 Å². The van der Waals surface area contributed by atoms with Crippen LogP contribution in [-0.4, -0.2) is 100 Å². The number of nitrogens with one attached hydrogen (secondary N) is 1. The fraction of sp³-hybridized carbons (Fsp3) is 0.925. The normalized spacial score (nSPS) is 17.6. The Balaban J connectivity index is 1.88. The van der Waals surface area contributed by atoms with E-state index in [0.29, 0.717) is 19.4 Å². The number of hydrogen-bond acceptors (Lipinski definition) is 10. The largest absolute Gasteiger partial charge is 0.466 e. The Labute approximate surface area is 562 Å². The lowest BCUT2D eigenvalue weighted by molar-refractivity contribution is -0.302. The molecule has 0 bridgehead atoms. The summed E-state index contributed by atoms with van der Waals surface area (Å²) in [6, 6.07) is -0.822. The molecule has 7 unspecified atom stereocenters. The first kappa shape index (κ1) is 87.2. The number of rotatable bonds is 72. The minimum Gasteiger partial charge on any atom is -0.466 e. The predicted molar refractivity (Wildman–Crippen MR) is 384 cm³/mol. The molecule has 11 heteroatoms. The van der Waals surface area contributed by atoms with Crippen molar-refractivity contribution in [1.29, 1.82) is 0 Å². The molecule has 0 aromatic rings. The first-order valence-corrected chi connectivity index (χ1v) is 40.1. The van der Waals surface area contributed by atoms with Gasteiger partial charge in [-0.25, -0.2) is 0 Å². The van der Waals surface area contributed by atoms with Crippen molar-refractivity contribution in [2.75, 3.05) is 19.8 Å². The quantitative estimate of drug-likeness (QED) is 0.0195. The van der Waals surface area contributed by atoms with Crippen molar-refractivity contribution in [3.05, 3.63) is 24.3 Å². The number of amides is 1. The molecule has 1 fully saturated rings. The lowest BCUT2D eigenvalue weighted by atomic mass is 9.99. The van der Waals surface area contributed by atoms with Gasteiger partial charge in [0.05, 0.1) is 32.0 Å². The molecule has 0 aliphatic carbocycles. The van der Waals surface area contributed by atoms with Crippen LogP contribution in [0.4, 0.5) is 0 Å². The number of allylic oxidation sites excluding steroid dienone is 3. The van der Waals surface area contributed by atoms with E-state index >= 15 is 0 Å². The van der Waals surface area contributed by atoms with E-state index in [9.17, 15) is 35.1 Å². The van der Waals surface area contributed by atoms with Gasteiger partial charge in [-0.3, -0.25) is 9.59 Å². The van der Waals surface area contributed by atoms with Crippen LogP contribution in [0, 0.1) is 0 Å². The van der Waals surface area contributed by atoms with E-state index in [2.05, 4.69) is 31.3 Å². The number of unbranched alkanes of at least 4 members (excludes halogenated alkanes) is 56. The van der Waals surface area contributed by atoms with Crippen molar-refractivity contribution in [2.24, 2.45) is 0 Å². The summed E-state index contributed by atoms with van der Waals surface area (Å²) >= 11 is 0. The highest BCUT2D eigenvalue weighted by Crippen LogP contribution is 2.24. The summed E-state index contributed by atoms with van der Waals surface area (Å²) < 4.78 is 16.7. The number of esters is 1. The average molecular weight is 1290 g/mol. The molecular weight excluding hydrogens is 1130 g/mol. The predicted octanol–water partition coefficient (Wildman–Crippen LogP) is 21.5. The summed E-state index contributed by atoms with van der Waals surface area (Å²) in [5, 5.41) is 54.5. The summed E-state index contributed by atoms with van der Waals surface area (Å²) in [6.45, 7) is 4.37. The van der Waals surface area contributed by atoms with E-state index in [4.69, 9.17) is 14.2 Å². The van der Waals surface area contributed by atoms with Crippen LogP contribution < -0.4 is 5.32 Å². The molecule has 11 nitrogen and oxygen atoms in total. The summed E-state index contributed by atoms with van der Waals surface area (Å²) in [7, 11) is 0. The molecule has 7 atom stereocenters. The second-order valence-electron chi connectivity index (χ2n) is 28.1. The monoisotopic (exact) mass is 1290 g/mol. The molecule has 1 heterocycles. The Morgan fingerprint density at radius 2 is 0.714 bits per heavy atom. The SMILES string of the molecule is CCCCCCCCC/C=C/CC/C=C/C(O)C(COC1OC(CO)C(O)C(O)C1O)NC(=O)CCCCCCCCCCCCCCCCCCCCCCCCCCCCCCCCCCCCCCCCCOC(=O)CCCCCCCCCCCCC. The standard InChI is InChI=1S/C80H153NO10/c1-3-5-7-9-11-13-15-43-47-50-54-58-62-66-73(83)72(71-90-80-79(88)78(87)77(86)74(70-82)91-80)81-75(84)67-63-59-55-51-48-44-41-39-37-35-33-31-29-27-25-23-21-19-17-16-18-20-22-24-26-28-30-32-34-36-38-40-42-45-49-53-57-61-65-69-89-76(85)68-64-60-56-52-46-14-12-10-8-6-4-2/h47,50,62,66,72-74,77-80,82-83,86-88H,3-46,48-49,51-61,63-65,67-71H2,1-2H3,(H,81,84)/b50-47+,66-62+. The number of ether oxygens (including phenoxy) is 3. The number of carbonyl (C=O) groups is 2. The molecule has 1 rings (SSSR count). The molecule has 0 radical (unpaired) electrons. The van der Waals surface area contributed by atoms with Crippen LogP contribution in [0.15, 0.2) is 24.3 Å². The Morgan fingerprint density at radius 1 is 0.396 bits per heavy atom. The first-order chi connectivity index (χ1) is 44.7. The highest BCUT2D eigenvalue weighted by atomic mass is 16.7. The van der Waals surface area contributed by atoms with Crippen LogP contribution in [0.3, 0.4) is 0 Å². The van der Waals surface area contributed by atoms with Gasteiger partial charge in [-0.1, -0.05) is 378 Å². The number of hydrogen-bond donors (Lipinski definition) is 6. The highest BCUT2D eigenvalue weighted by molar-refractivity contribution is 5.76. The zero-order valence-electron chi connectivity index (χ0n) is 60.1. The van der Waals surface area contributed by atoms with E-state index in [1.54, 1.807) is 6.08 Å². The van der Waals surface area contributed by atoms with Crippen molar-refractivity contribution < 1.29 is 49.3 Å². The molecular formula is C80H153NO10. The topological polar surface area (TPSA) is 175 Å². The Hall–Kier alpha value is -1.86. The third-order valence-electron chi connectivity index (χ3n) is 19.3. The number of carbonyl (C=O) groups excluding carboxylic acids is 2. The van der Waals surface area contributed by atoms with E-state index in [1.165, 1.54) is 334 Å². The molecule has 0 aromatic heterocycles. The van der Waals surface area contributed by atoms with Gasteiger partial charge in [0.2, 0.25) is 5.91 Å². The van der Waals surface area contributed by atoms with Gasteiger partial charge in [-0.2, -0.15) is 0 Å². The van der Waals surface area contributed by atoms with E-state index in [1.807, 2.05) is 6.08 Å². The Kier molecular flexibility index (Phi) is 66.6. The van der Waals surface area contributed by atoms with E-state index < -0.39 is 49.5 Å². The maximum atomic E-state index is 13.1. The molecule has 0 aromatic carbocycles. The lowest BCUT2D eigenvalue weighted by Gasteiger charge is -2.40. The fourth-order valence-corrected chi connectivity index (χ4v) is 13.0. The van der Waals surface area contributed by atoms with Crippen molar-refractivity contribution in [1.82, 2.24) is 5.32 Å². The summed E-state index contributed by atoms with van der Waals surface area (Å²) in [4.78, 5) is 25.1. The molecule has 6 N–H and O–H groups in total. The van der Waals surface area contributed by atoms with Gasteiger partial charge >= 0.3 is 5.97 Å². The van der Waals surface area contributed by atoms with Gasteiger partial charge < -0.3 is 45.1 Å². The van der Waals surface area contributed by atoms with Gasteiger partial charge in [0, 0.05) is 12.8 Å². The molecule has 1 aliphatic rings. The molecule has 1 aliphatic heterocycles. The van der Waals surface area contributed by atoms with Gasteiger partial charge in [-0.05, 0) is 44.9 Å². The second kappa shape index (κ2) is 69.5. The summed E-state index contributed by atoms with van der Waals surface area (Å²) in [5.74, 6) is -0.165. The van der Waals surface area contributed by atoms with E-state index in [-0.39, 0.29) is 18.5 Å². The smallest absolute Gasteiger partial charge is 0.305 e. The third-order valence-corrected chi connectivity index (χ3v) is 19.3. The zero-order chi connectivity index (χ0) is 65.8. The van der Waals surface area contributed by atoms with Crippen LogP contribution in [0.5, 0.6) is 0 Å². The Morgan fingerprint density at radius 3 is 1.09 bits per heavy atom. The second-order valence-corrected chi connectivity index (χ2v) is 28.1. The maximum Gasteiger partial charge on any atom is 0.305 e. The molecule has 1 saturated heterocycles. The van der Waals surface area contributed by atoms with Gasteiger partial charge in [0.15, 0.2) is 6.29 Å². The van der Waals surface area contributed by atoms with Crippen molar-refractivity contribution in [3.8, 4) is 0 Å². The summed E-state index contributed by atoms with van der Waals surface area (Å²) in [5.41, 5.74) is 0. The van der Waals surface area contributed by atoms with Crippen LogP contribution in [0.2, 0.25) is 0 Å². The average Bonchev–Trinajstić information content (AvgIpc) is 1.98. The van der Waals surface area contributed by atoms with Crippen LogP contribution in [-0.2, 0) is 23.8 Å². The Bertz CT molecular complexity index is 1560. The lowest BCUT2D eigenvalue weighted by Crippen LogP contribution is -2.60. The minimum atomic E-state index is -1.57. The maximum absolute atomic E-state index is 13.1. The molecule has 538 valence electrons. The molecule has 0 saturated carbocycles. The summed E-state index contributed by atoms with van der Waals surface area (Å²) in [6.07, 6.45) is 79.4. The van der Waals surface area contributed by atoms with Crippen molar-refractivity contribution in [3.63, 3.8) is 0 Å². The van der Waals surface area contributed by atoms with Gasteiger partial charge in [0.25, 0.3) is 0 Å². The van der Waals surface area contributed by atoms with Gasteiger partial charge in [-0.15, -0.1) is 0 Å². The minimum absolute atomic E-state index is 0.0187. The van der Waals surface area contributed by atoms with Crippen molar-refractivity contribution in [2.45, 2.75) is 455 Å². The fourth-order valence-electron chi connectivity index (χ4n) is 13.0. The molecule has 91 heavy (non-hydrogen) atoms. The zero-order valence-corrected chi connectivity index (χ0v) is 60.1. The molecule has 1 amide bonds. The van der Waals surface area contributed by atoms with Crippen LogP contribution in [0.1, 0.15) is 412 Å². The van der Waals surface area contributed by atoms with Gasteiger partial charge in [0.1, 0.15) is 24.4 Å². The highest BCUT2D eigenvalue weighted by Gasteiger charge is 2.44. The number of aliphatic hydroxyl groups is 5. The first-order valence-electron chi connectivity index (χ1n) is 40.1. The molecule has 0 spiro atoms. The number of aliphatic hydroxyl groups excluding tert-OH is 5. The van der Waals surface area contributed by atoms with Crippen molar-refractivity contribution >= 4 is 11.9 Å². The van der Waals surface area contributed by atoms with Crippen LogP contribution in [0.25, 0.3) is 0 Å². The third kappa shape index (κ3) is 58.1.